The van der Waals surface area contributed by atoms with Crippen LogP contribution in [-0.2, 0) is 6.18 Å². The summed E-state index contributed by atoms with van der Waals surface area (Å²) in [5.41, 5.74) is -1.14. The van der Waals surface area contributed by atoms with Crippen LogP contribution >= 0.6 is 11.6 Å². The fourth-order valence-corrected chi connectivity index (χ4v) is 4.84. The highest BCUT2D eigenvalue weighted by Gasteiger charge is 2.33. The van der Waals surface area contributed by atoms with Crippen LogP contribution in [0.2, 0.25) is 5.02 Å². The number of carbonyl (C=O) groups is 1. The van der Waals surface area contributed by atoms with Gasteiger partial charge in [-0.2, -0.15) is 13.2 Å². The highest BCUT2D eigenvalue weighted by atomic mass is 35.5. The third-order valence-corrected chi connectivity index (χ3v) is 6.66. The topological polar surface area (TPSA) is 65.1 Å². The first-order valence-electron chi connectivity index (χ1n) is 11.3. The SMILES string of the molecule is C[C@@H]1CN(c2ncc(C=O)cc2Cl)CCN1c1nc2cc(C(F)(F)F)cc(-c3cc(F)c(F)c(F)c3)c2[nH]1. The number of aromatic amines is 1. The van der Waals surface area contributed by atoms with Gasteiger partial charge in [0.15, 0.2) is 23.7 Å². The van der Waals surface area contributed by atoms with Crippen LogP contribution in [0.5, 0.6) is 0 Å². The molecule has 0 spiro atoms. The Morgan fingerprint density at radius 1 is 1.08 bits per heavy atom. The lowest BCUT2D eigenvalue weighted by atomic mass is 10.0. The molecule has 0 saturated carbocycles. The minimum absolute atomic E-state index is 0.0706. The molecule has 2 aromatic heterocycles. The predicted octanol–water partition coefficient (Wildman–Crippen LogP) is 6.24. The number of halogens is 7. The minimum Gasteiger partial charge on any atom is -0.352 e. The molecule has 3 heterocycles. The molecular weight excluding hydrogens is 536 g/mol. The highest BCUT2D eigenvalue weighted by Crippen LogP contribution is 2.38. The van der Waals surface area contributed by atoms with Crippen LogP contribution in [0.4, 0.5) is 38.1 Å². The summed E-state index contributed by atoms with van der Waals surface area (Å²) in [6.45, 7) is 3.12. The van der Waals surface area contributed by atoms with Gasteiger partial charge in [0.1, 0.15) is 5.82 Å². The van der Waals surface area contributed by atoms with E-state index in [9.17, 15) is 31.1 Å². The molecule has 13 heteroatoms. The number of rotatable bonds is 4. The summed E-state index contributed by atoms with van der Waals surface area (Å²) < 4.78 is 82.4. The third kappa shape index (κ3) is 4.64. The van der Waals surface area contributed by atoms with Crippen LogP contribution in [0.25, 0.3) is 22.2 Å². The molecule has 0 radical (unpaired) electrons. The van der Waals surface area contributed by atoms with Crippen LogP contribution in [-0.4, -0.2) is 46.9 Å². The van der Waals surface area contributed by atoms with Crippen LogP contribution in [0.15, 0.2) is 36.5 Å². The number of benzene rings is 2. The molecule has 1 atom stereocenters. The number of nitrogens with one attached hydrogen (secondary N) is 1. The van der Waals surface area contributed by atoms with E-state index in [1.807, 2.05) is 16.7 Å². The molecular formula is C25H18ClF6N5O. The van der Waals surface area contributed by atoms with Crippen molar-refractivity contribution in [3.63, 3.8) is 0 Å². The Labute approximate surface area is 216 Å². The van der Waals surface area contributed by atoms with Crippen molar-refractivity contribution >= 4 is 40.7 Å². The van der Waals surface area contributed by atoms with Crippen molar-refractivity contribution in [1.82, 2.24) is 15.0 Å². The molecule has 1 aliphatic heterocycles. The number of carbonyl (C=O) groups excluding carboxylic acids is 1. The van der Waals surface area contributed by atoms with Crippen molar-refractivity contribution in [3.05, 3.63) is 70.1 Å². The average molecular weight is 554 g/mol. The van der Waals surface area contributed by atoms with Crippen LogP contribution < -0.4 is 9.80 Å². The normalized spacial score (nSPS) is 16.4. The van der Waals surface area contributed by atoms with Gasteiger partial charge in [-0.15, -0.1) is 0 Å². The first kappa shape index (κ1) is 25.8. The zero-order valence-electron chi connectivity index (χ0n) is 19.6. The fraction of sp³-hybridized carbons (Fsp3) is 0.240. The van der Waals surface area contributed by atoms with Gasteiger partial charge in [-0.05, 0) is 42.8 Å². The average Bonchev–Trinajstić information content (AvgIpc) is 3.29. The Morgan fingerprint density at radius 2 is 1.79 bits per heavy atom. The molecule has 0 bridgehead atoms. The van der Waals surface area contributed by atoms with Gasteiger partial charge >= 0.3 is 6.18 Å². The predicted molar refractivity (Wildman–Crippen MR) is 130 cm³/mol. The summed E-state index contributed by atoms with van der Waals surface area (Å²) in [5.74, 6) is -4.02. The van der Waals surface area contributed by atoms with E-state index in [-0.39, 0.29) is 34.2 Å². The number of H-pyrrole nitrogens is 1. The van der Waals surface area contributed by atoms with Gasteiger partial charge in [-0.25, -0.2) is 23.1 Å². The van der Waals surface area contributed by atoms with Crippen LogP contribution in [0.1, 0.15) is 22.8 Å². The van der Waals surface area contributed by atoms with Crippen molar-refractivity contribution in [3.8, 4) is 11.1 Å². The van der Waals surface area contributed by atoms with Gasteiger partial charge in [-0.3, -0.25) is 4.79 Å². The maximum Gasteiger partial charge on any atom is 0.416 e. The number of imidazole rings is 1. The Balaban J connectivity index is 1.52. The number of pyridine rings is 1. The quantitative estimate of drug-likeness (QED) is 0.184. The van der Waals surface area contributed by atoms with Gasteiger partial charge in [0.2, 0.25) is 5.95 Å². The number of anilines is 2. The number of aromatic nitrogens is 3. The first-order valence-corrected chi connectivity index (χ1v) is 11.7. The number of piperazine rings is 1. The summed E-state index contributed by atoms with van der Waals surface area (Å²) in [4.78, 5) is 26.3. The molecule has 1 aliphatic rings. The second-order valence-electron chi connectivity index (χ2n) is 8.91. The van der Waals surface area contributed by atoms with Crippen molar-refractivity contribution in [2.45, 2.75) is 19.1 Å². The monoisotopic (exact) mass is 553 g/mol. The maximum atomic E-state index is 13.9. The standard InChI is InChI=1S/C25H18ClF6N5O/c1-12-10-36(23-17(26)4-13(11-38)9-33-23)2-3-37(12)24-34-20-8-15(25(30,31)32)7-16(22(20)35-24)14-5-18(27)21(29)19(28)6-14/h4-9,11-12H,2-3,10H2,1H3,(H,34,35)/t12-/m1/s1. The van der Waals surface area contributed by atoms with Crippen LogP contribution in [0.3, 0.4) is 0 Å². The number of alkyl halides is 3. The minimum atomic E-state index is -4.76. The Morgan fingerprint density at radius 3 is 2.39 bits per heavy atom. The van der Waals surface area contributed by atoms with E-state index >= 15 is 0 Å². The number of nitrogens with zero attached hydrogens (tertiary/aromatic N) is 4. The zero-order valence-corrected chi connectivity index (χ0v) is 20.3. The van der Waals surface area contributed by atoms with Gasteiger partial charge in [0.05, 0.1) is 21.6 Å². The molecule has 5 rings (SSSR count). The van der Waals surface area contributed by atoms with E-state index in [1.54, 1.807) is 0 Å². The van der Waals surface area contributed by atoms with E-state index in [4.69, 9.17) is 11.6 Å². The van der Waals surface area contributed by atoms with E-state index < -0.39 is 29.2 Å². The first-order chi connectivity index (χ1) is 18.0. The fourth-order valence-electron chi connectivity index (χ4n) is 4.55. The summed E-state index contributed by atoms with van der Waals surface area (Å²) in [6, 6.07) is 4.17. The van der Waals surface area contributed by atoms with Gasteiger partial charge in [-0.1, -0.05) is 11.6 Å². The van der Waals surface area contributed by atoms with Crippen molar-refractivity contribution in [1.29, 1.82) is 0 Å². The molecule has 0 amide bonds. The lowest BCUT2D eigenvalue weighted by molar-refractivity contribution is -0.137. The number of fused-ring (bicyclic) bond motifs is 1. The summed E-state index contributed by atoms with van der Waals surface area (Å²) >= 11 is 6.29. The zero-order chi connectivity index (χ0) is 27.4. The molecule has 6 nitrogen and oxygen atoms in total. The third-order valence-electron chi connectivity index (χ3n) is 6.38. The largest absolute Gasteiger partial charge is 0.416 e. The van der Waals surface area contributed by atoms with Crippen molar-refractivity contribution in [2.75, 3.05) is 29.4 Å². The summed E-state index contributed by atoms with van der Waals surface area (Å²) in [5, 5.41) is 0.307. The lowest BCUT2D eigenvalue weighted by Crippen LogP contribution is -2.52. The number of hydrogen-bond donors (Lipinski definition) is 1. The molecule has 2 aromatic carbocycles. The van der Waals surface area contributed by atoms with Gasteiger partial charge in [0, 0.05) is 43.0 Å². The maximum absolute atomic E-state index is 13.9. The molecule has 0 unspecified atom stereocenters. The highest BCUT2D eigenvalue weighted by molar-refractivity contribution is 6.33. The molecule has 4 aromatic rings. The lowest BCUT2D eigenvalue weighted by Gasteiger charge is -2.40. The molecule has 0 aliphatic carbocycles. The van der Waals surface area contributed by atoms with E-state index in [1.165, 1.54) is 12.3 Å². The second-order valence-corrected chi connectivity index (χ2v) is 9.32. The van der Waals surface area contributed by atoms with E-state index in [2.05, 4.69) is 15.0 Å². The Bertz CT molecular complexity index is 1530. The van der Waals surface area contributed by atoms with E-state index in [0.717, 1.165) is 12.1 Å². The molecule has 1 saturated heterocycles. The smallest absolute Gasteiger partial charge is 0.352 e. The van der Waals surface area contributed by atoms with Gasteiger partial charge in [0.25, 0.3) is 0 Å². The Kier molecular flexibility index (Phi) is 6.46. The second kappa shape index (κ2) is 9.50. The van der Waals surface area contributed by atoms with E-state index in [0.29, 0.717) is 54.5 Å². The molecule has 38 heavy (non-hydrogen) atoms. The van der Waals surface area contributed by atoms with Crippen molar-refractivity contribution < 1.29 is 31.1 Å². The molecule has 1 fully saturated rings. The number of aldehydes is 1. The van der Waals surface area contributed by atoms with Gasteiger partial charge < -0.3 is 14.8 Å². The molecule has 1 N–H and O–H groups in total. The number of hydrogen-bond acceptors (Lipinski definition) is 5. The molecule has 198 valence electrons. The van der Waals surface area contributed by atoms with Crippen molar-refractivity contribution in [2.24, 2.45) is 0 Å². The summed E-state index contributed by atoms with van der Waals surface area (Å²) in [7, 11) is 0. The summed E-state index contributed by atoms with van der Waals surface area (Å²) in [6.07, 6.45) is -2.72. The Hall–Kier alpha value is -3.80. The van der Waals surface area contributed by atoms with Crippen LogP contribution in [0, 0.1) is 17.5 Å².